The number of anilines is 2. The first-order valence-corrected chi connectivity index (χ1v) is 24.9. The minimum atomic E-state index is 0.0601. The Kier molecular flexibility index (Phi) is 8.13. The van der Waals surface area contributed by atoms with Crippen LogP contribution in [0.25, 0.3) is 103 Å². The van der Waals surface area contributed by atoms with Crippen LogP contribution in [0.2, 0.25) is 0 Å². The van der Waals surface area contributed by atoms with Crippen molar-refractivity contribution in [2.45, 2.75) is 77.6 Å². The van der Waals surface area contributed by atoms with Crippen LogP contribution >= 0.6 is 11.3 Å². The Balaban J connectivity index is 1.05. The van der Waals surface area contributed by atoms with Crippen LogP contribution < -0.4 is 16.2 Å². The summed E-state index contributed by atoms with van der Waals surface area (Å²) in [7, 11) is 2.41. The topological polar surface area (TPSA) is 43.2 Å². The summed E-state index contributed by atoms with van der Waals surface area (Å²) in [6, 6.07) is 53.9. The number of rotatable bonds is 4. The maximum Gasteiger partial charge on any atom is 0.198 e. The van der Waals surface area contributed by atoms with E-state index in [2.05, 4.69) is 199 Å². The van der Waals surface area contributed by atoms with Crippen molar-refractivity contribution in [3.8, 4) is 28.1 Å². The maximum absolute atomic E-state index is 6.67. The van der Waals surface area contributed by atoms with E-state index in [1.54, 1.807) is 0 Å². The molecule has 0 saturated carbocycles. The third kappa shape index (κ3) is 5.86. The minimum absolute atomic E-state index is 0.0601. The van der Waals surface area contributed by atoms with E-state index in [0.29, 0.717) is 0 Å². The number of hydrogen-bond donors (Lipinski definition) is 1. The molecule has 0 unspecified atom stereocenters. The second kappa shape index (κ2) is 13.8. The van der Waals surface area contributed by atoms with E-state index in [9.17, 15) is 0 Å². The highest BCUT2D eigenvalue weighted by atomic mass is 32.1. The molecule has 5 heterocycles. The Labute approximate surface area is 400 Å². The molecular weight excluding hydrogens is 848 g/mol. The van der Waals surface area contributed by atoms with Crippen molar-refractivity contribution in [3.63, 3.8) is 0 Å². The zero-order valence-electron chi connectivity index (χ0n) is 39.5. The summed E-state index contributed by atoms with van der Waals surface area (Å²) in [6.45, 7) is 16.6. The fourth-order valence-corrected chi connectivity index (χ4v) is 12.8. The largest absolute Gasteiger partial charge is 0.456 e. The first kappa shape index (κ1) is 40.1. The molecule has 1 N–H and O–H groups in total. The van der Waals surface area contributed by atoms with E-state index in [-0.39, 0.29) is 16.2 Å². The second-order valence-corrected chi connectivity index (χ2v) is 23.0. The van der Waals surface area contributed by atoms with Gasteiger partial charge >= 0.3 is 0 Å². The quantitative estimate of drug-likeness (QED) is 0.179. The van der Waals surface area contributed by atoms with Crippen molar-refractivity contribution < 1.29 is 8.83 Å². The van der Waals surface area contributed by atoms with Crippen LogP contribution in [0.3, 0.4) is 0 Å². The Morgan fingerprint density at radius 3 is 2.12 bits per heavy atom. The molecule has 1 radical (unpaired) electrons. The molecule has 68 heavy (non-hydrogen) atoms. The van der Waals surface area contributed by atoms with Crippen LogP contribution in [0.5, 0.6) is 0 Å². The lowest BCUT2D eigenvalue weighted by Crippen LogP contribution is -2.37. The molecule has 6 heteroatoms. The van der Waals surface area contributed by atoms with Gasteiger partial charge < -0.3 is 18.7 Å². The van der Waals surface area contributed by atoms with Crippen molar-refractivity contribution in [1.82, 2.24) is 4.57 Å². The summed E-state index contributed by atoms with van der Waals surface area (Å²) < 4.78 is 18.4. The van der Waals surface area contributed by atoms with Gasteiger partial charge in [0.25, 0.3) is 0 Å². The van der Waals surface area contributed by atoms with Gasteiger partial charge in [-0.1, -0.05) is 127 Å². The average Bonchev–Trinajstić information content (AvgIpc) is 4.09. The van der Waals surface area contributed by atoms with Gasteiger partial charge in [0.05, 0.1) is 5.52 Å². The molecule has 4 aromatic heterocycles. The van der Waals surface area contributed by atoms with Crippen molar-refractivity contribution in [2.24, 2.45) is 0 Å². The van der Waals surface area contributed by atoms with Gasteiger partial charge in [0.1, 0.15) is 22.5 Å². The third-order valence-electron chi connectivity index (χ3n) is 15.6. The lowest BCUT2D eigenvalue weighted by molar-refractivity contribution is 0.332. The number of fused-ring (bicyclic) bond motifs is 13. The van der Waals surface area contributed by atoms with Gasteiger partial charge in [0.2, 0.25) is 0 Å². The van der Waals surface area contributed by atoms with E-state index >= 15 is 0 Å². The van der Waals surface area contributed by atoms with Crippen LogP contribution in [0.1, 0.15) is 78.0 Å². The molecule has 0 bridgehead atoms. The van der Waals surface area contributed by atoms with E-state index < -0.39 is 0 Å². The van der Waals surface area contributed by atoms with Gasteiger partial charge in [-0.15, -0.1) is 11.3 Å². The molecule has 0 atom stereocenters. The predicted octanol–water partition coefficient (Wildman–Crippen LogP) is 16.5. The lowest BCUT2D eigenvalue weighted by atomic mass is 9.59. The standard InChI is InChI=1S/C62H50BN2O2S/c1-60(2,3)36-17-19-37(20-18-36)64-49-32-57-44(45-29-46-47(30-56(45)68-57)62(6,7)24-23-61(46,4)5)27-41(49)39-21-22-40-42-28-43-38-15-11-12-16-52(38)66-55(43)33-50(42)65-51-25-35-26-53(34-13-9-8-10-14-34)67-54(35)31-48(51)63-58(39)59(40)65/h8-22,25-33,64H,23-24H2,1-7H3. The van der Waals surface area contributed by atoms with Crippen LogP contribution in [0.4, 0.5) is 11.4 Å². The summed E-state index contributed by atoms with van der Waals surface area (Å²) >= 11 is 1.92. The van der Waals surface area contributed by atoms with Crippen molar-refractivity contribution in [1.29, 1.82) is 0 Å². The number of nitrogens with zero attached hydrogens (tertiary/aromatic N) is 1. The van der Waals surface area contributed by atoms with Crippen molar-refractivity contribution in [2.75, 3.05) is 5.32 Å². The van der Waals surface area contributed by atoms with Crippen LogP contribution in [-0.4, -0.2) is 11.8 Å². The highest BCUT2D eigenvalue weighted by Gasteiger charge is 2.38. The number of thiophene rings is 1. The Morgan fingerprint density at radius 1 is 0.588 bits per heavy atom. The third-order valence-corrected chi connectivity index (χ3v) is 16.7. The molecule has 2 aliphatic rings. The van der Waals surface area contributed by atoms with Crippen LogP contribution in [0.15, 0.2) is 154 Å². The van der Waals surface area contributed by atoms with Gasteiger partial charge in [0, 0.05) is 86.9 Å². The molecule has 14 rings (SSSR count). The van der Waals surface area contributed by atoms with E-state index in [1.165, 1.54) is 82.6 Å². The van der Waals surface area contributed by atoms with Gasteiger partial charge in [-0.25, -0.2) is 0 Å². The fourth-order valence-electron chi connectivity index (χ4n) is 11.7. The molecule has 4 nitrogen and oxygen atoms in total. The molecule has 0 spiro atoms. The lowest BCUT2D eigenvalue weighted by Gasteiger charge is -2.41. The number of benzene rings is 8. The van der Waals surface area contributed by atoms with E-state index in [0.717, 1.165) is 72.3 Å². The smallest absolute Gasteiger partial charge is 0.198 e. The summed E-state index contributed by atoms with van der Waals surface area (Å²) in [4.78, 5) is 0. The number of furan rings is 2. The summed E-state index contributed by atoms with van der Waals surface area (Å²) in [6.07, 6.45) is 2.38. The molecule has 12 aromatic rings. The SMILES string of the molecule is CC(C)(C)c1ccc(Nc2cc3sc4cc5c(cc4c3cc2-c2ccc3c4cc6c(cc4n4c3c2[B]c2cc3oc(-c7ccccc7)cc3cc2-4)oc2ccccc26)C(C)(C)CCC5(C)C)cc1. The van der Waals surface area contributed by atoms with Crippen molar-refractivity contribution in [3.05, 3.63) is 162 Å². The molecule has 329 valence electrons. The van der Waals surface area contributed by atoms with Gasteiger partial charge in [-0.05, 0) is 124 Å². The molecule has 0 amide bonds. The summed E-state index contributed by atoms with van der Waals surface area (Å²) in [5.41, 5.74) is 18.6. The minimum Gasteiger partial charge on any atom is -0.456 e. The first-order chi connectivity index (χ1) is 32.8. The van der Waals surface area contributed by atoms with Gasteiger partial charge in [0.15, 0.2) is 7.28 Å². The number of nitrogens with one attached hydrogen (secondary N) is 1. The summed E-state index contributed by atoms with van der Waals surface area (Å²) in [5.74, 6) is 0.864. The fraction of sp³-hybridized carbons (Fsp3) is 0.194. The van der Waals surface area contributed by atoms with Gasteiger partial charge in [-0.3, -0.25) is 0 Å². The Bertz CT molecular complexity index is 4120. The molecule has 1 aliphatic carbocycles. The number of aromatic nitrogens is 1. The predicted molar refractivity (Wildman–Crippen MR) is 290 cm³/mol. The molecule has 1 aliphatic heterocycles. The molecular formula is C62H50BN2O2S. The average molecular weight is 898 g/mol. The second-order valence-electron chi connectivity index (χ2n) is 21.9. The number of hydrogen-bond acceptors (Lipinski definition) is 4. The molecule has 0 saturated heterocycles. The maximum atomic E-state index is 6.67. The Hall–Kier alpha value is -7.02. The Morgan fingerprint density at radius 2 is 1.32 bits per heavy atom. The highest BCUT2D eigenvalue weighted by Crippen LogP contribution is 2.51. The van der Waals surface area contributed by atoms with E-state index in [4.69, 9.17) is 8.83 Å². The molecule has 0 fully saturated rings. The van der Waals surface area contributed by atoms with Crippen molar-refractivity contribution >= 4 is 116 Å². The van der Waals surface area contributed by atoms with E-state index in [1.807, 2.05) is 23.5 Å². The zero-order chi connectivity index (χ0) is 46.0. The number of para-hydroxylation sites is 1. The highest BCUT2D eigenvalue weighted by molar-refractivity contribution is 7.25. The molecule has 8 aromatic carbocycles. The van der Waals surface area contributed by atoms with Gasteiger partial charge in [-0.2, -0.15) is 0 Å². The van der Waals surface area contributed by atoms with Crippen LogP contribution in [0, 0.1) is 0 Å². The van der Waals surface area contributed by atoms with Crippen LogP contribution in [-0.2, 0) is 16.2 Å². The monoisotopic (exact) mass is 897 g/mol. The first-order valence-electron chi connectivity index (χ1n) is 24.1. The summed E-state index contributed by atoms with van der Waals surface area (Å²) in [5, 5.41) is 12.4. The zero-order valence-corrected chi connectivity index (χ0v) is 40.3. The normalized spacial score (nSPS) is 15.2.